The Bertz CT molecular complexity index is 1610. The van der Waals surface area contributed by atoms with Crippen LogP contribution in [0, 0.1) is 5.92 Å². The number of benzene rings is 2. The summed E-state index contributed by atoms with van der Waals surface area (Å²) in [6.45, 7) is 0.623. The fraction of sp³-hybridized carbons (Fsp3) is 0.333. The molecule has 1 atom stereocenters. The van der Waals surface area contributed by atoms with E-state index in [1.807, 2.05) is 17.7 Å². The first kappa shape index (κ1) is 30.1. The van der Waals surface area contributed by atoms with Gasteiger partial charge >= 0.3 is 6.18 Å². The summed E-state index contributed by atoms with van der Waals surface area (Å²) in [7, 11) is 1.81. The van der Waals surface area contributed by atoms with E-state index < -0.39 is 12.1 Å². The number of hydrogen-bond donors (Lipinski definition) is 3. The number of nitrogens with zero attached hydrogens (tertiary/aromatic N) is 3. The lowest BCUT2D eigenvalue weighted by Crippen LogP contribution is -2.41. The van der Waals surface area contributed by atoms with Crippen molar-refractivity contribution in [2.45, 2.75) is 30.0 Å². The van der Waals surface area contributed by atoms with Gasteiger partial charge in [-0.25, -0.2) is 4.98 Å². The van der Waals surface area contributed by atoms with Crippen molar-refractivity contribution in [2.75, 3.05) is 23.3 Å². The van der Waals surface area contributed by atoms with Crippen LogP contribution in [-0.4, -0.2) is 39.7 Å². The molecular weight excluding hydrogens is 715 g/mol. The standard InChI is InChI=1S/C27H25Cl3F3IN6O/c1-39-23-9-22(40-6-2-3-15(13-40)27(31,32)33)19(30)8-20(23)37-26(39)38-24-17(10-34)14(4-5-18(24)29)11-36-25(41)21-7-16(28)12-35-21/h4-5,7-9,12,15,35H,2-3,6,10-11,13H2,1H3,(H,36,41)(H,37,38). The van der Waals surface area contributed by atoms with Crippen LogP contribution in [0.5, 0.6) is 0 Å². The topological polar surface area (TPSA) is 78.0 Å². The maximum absolute atomic E-state index is 13.4. The number of piperidine rings is 1. The molecule has 14 heteroatoms. The number of aromatic nitrogens is 3. The SMILES string of the molecule is Cn1c(Nc2c(Cl)ccc(CNC(=O)c3cc(Cl)c[nH]3)c2CI)nc2cc(Cl)c(N3CCCC(C(F)(F)F)C3)cc21. The number of carbonyl (C=O) groups excluding carboxylic acids is 1. The van der Waals surface area contributed by atoms with Gasteiger partial charge in [-0.2, -0.15) is 13.2 Å². The molecule has 1 amide bonds. The summed E-state index contributed by atoms with van der Waals surface area (Å²) >= 11 is 21.3. The van der Waals surface area contributed by atoms with Gasteiger partial charge in [0, 0.05) is 37.3 Å². The van der Waals surface area contributed by atoms with Crippen LogP contribution in [0.1, 0.15) is 34.5 Å². The monoisotopic (exact) mass is 738 g/mol. The van der Waals surface area contributed by atoms with Crippen LogP contribution in [0.2, 0.25) is 15.1 Å². The third kappa shape index (κ3) is 6.37. The number of aryl methyl sites for hydroxylation is 1. The van der Waals surface area contributed by atoms with E-state index in [0.29, 0.717) is 66.5 Å². The fourth-order valence-corrected chi connectivity index (χ4v) is 6.55. The van der Waals surface area contributed by atoms with Gasteiger partial charge in [0.2, 0.25) is 5.95 Å². The molecule has 0 saturated carbocycles. The molecule has 3 N–H and O–H groups in total. The minimum absolute atomic E-state index is 0.114. The molecule has 1 saturated heterocycles. The zero-order valence-electron chi connectivity index (χ0n) is 21.7. The first-order valence-corrected chi connectivity index (χ1v) is 15.3. The van der Waals surface area contributed by atoms with E-state index in [1.54, 1.807) is 29.2 Å². The Kier molecular flexibility index (Phi) is 8.89. The molecule has 1 aliphatic rings. The van der Waals surface area contributed by atoms with Gasteiger partial charge in [0.05, 0.1) is 43.4 Å². The Hall–Kier alpha value is -2.35. The zero-order valence-corrected chi connectivity index (χ0v) is 26.1. The molecule has 5 rings (SSSR count). The number of imidazole rings is 1. The second-order valence-electron chi connectivity index (χ2n) is 9.85. The summed E-state index contributed by atoms with van der Waals surface area (Å²) < 4.78 is 42.7. The predicted octanol–water partition coefficient (Wildman–Crippen LogP) is 8.25. The molecule has 0 bridgehead atoms. The minimum Gasteiger partial charge on any atom is -0.370 e. The van der Waals surface area contributed by atoms with Crippen molar-refractivity contribution in [2.24, 2.45) is 13.0 Å². The van der Waals surface area contributed by atoms with Crippen LogP contribution < -0.4 is 15.5 Å². The van der Waals surface area contributed by atoms with Crippen molar-refractivity contribution < 1.29 is 18.0 Å². The molecule has 7 nitrogen and oxygen atoms in total. The molecule has 0 radical (unpaired) electrons. The van der Waals surface area contributed by atoms with Crippen LogP contribution >= 0.6 is 57.4 Å². The summed E-state index contributed by atoms with van der Waals surface area (Å²) in [5.41, 5.74) is 4.61. The van der Waals surface area contributed by atoms with Gasteiger partial charge < -0.3 is 25.1 Å². The second-order valence-corrected chi connectivity index (χ2v) is 11.9. The van der Waals surface area contributed by atoms with Crippen LogP contribution in [0.3, 0.4) is 0 Å². The van der Waals surface area contributed by atoms with E-state index in [2.05, 4.69) is 38.2 Å². The molecule has 2 aromatic carbocycles. The molecular formula is C27H25Cl3F3IN6O. The van der Waals surface area contributed by atoms with Gasteiger partial charge in [0.1, 0.15) is 5.69 Å². The Morgan fingerprint density at radius 3 is 2.66 bits per heavy atom. The largest absolute Gasteiger partial charge is 0.393 e. The number of halogens is 7. The summed E-state index contributed by atoms with van der Waals surface area (Å²) in [5.74, 6) is -1.20. The molecule has 0 aliphatic carbocycles. The van der Waals surface area contributed by atoms with Gasteiger partial charge in [-0.05, 0) is 48.2 Å². The van der Waals surface area contributed by atoms with E-state index in [0.717, 1.165) is 11.1 Å². The number of carbonyl (C=O) groups is 1. The number of anilines is 3. The summed E-state index contributed by atoms with van der Waals surface area (Å²) in [5, 5.41) is 7.48. The molecule has 1 fully saturated rings. The van der Waals surface area contributed by atoms with Gasteiger partial charge in [-0.3, -0.25) is 4.79 Å². The Balaban J connectivity index is 1.42. The number of rotatable bonds is 7. The van der Waals surface area contributed by atoms with Gasteiger partial charge in [0.25, 0.3) is 5.91 Å². The second kappa shape index (κ2) is 12.1. The third-order valence-corrected chi connectivity index (χ3v) is 8.83. The molecule has 1 aliphatic heterocycles. The van der Waals surface area contributed by atoms with E-state index >= 15 is 0 Å². The number of fused-ring (bicyclic) bond motifs is 1. The van der Waals surface area contributed by atoms with Crippen molar-refractivity contribution in [3.63, 3.8) is 0 Å². The molecule has 218 valence electrons. The zero-order chi connectivity index (χ0) is 29.5. The molecule has 0 spiro atoms. The van der Waals surface area contributed by atoms with E-state index in [-0.39, 0.29) is 25.4 Å². The summed E-state index contributed by atoms with van der Waals surface area (Å²) in [4.78, 5) is 21.7. The van der Waals surface area contributed by atoms with Gasteiger partial charge in [-0.15, -0.1) is 0 Å². The number of amides is 1. The van der Waals surface area contributed by atoms with Crippen molar-refractivity contribution in [3.05, 3.63) is 68.4 Å². The molecule has 3 heterocycles. The highest BCUT2D eigenvalue weighted by Crippen LogP contribution is 2.39. The summed E-state index contributed by atoms with van der Waals surface area (Å²) in [6, 6.07) is 8.62. The highest BCUT2D eigenvalue weighted by molar-refractivity contribution is 14.1. The first-order chi connectivity index (χ1) is 19.5. The lowest BCUT2D eigenvalue weighted by Gasteiger charge is -2.35. The molecule has 2 aromatic heterocycles. The molecule has 1 unspecified atom stereocenters. The molecule has 4 aromatic rings. The van der Waals surface area contributed by atoms with Crippen molar-refractivity contribution in [1.29, 1.82) is 0 Å². The van der Waals surface area contributed by atoms with E-state index in [9.17, 15) is 18.0 Å². The average molecular weight is 740 g/mol. The minimum atomic E-state index is -4.25. The van der Waals surface area contributed by atoms with E-state index in [1.165, 1.54) is 6.20 Å². The lowest BCUT2D eigenvalue weighted by molar-refractivity contribution is -0.175. The van der Waals surface area contributed by atoms with Crippen LogP contribution in [0.4, 0.5) is 30.5 Å². The average Bonchev–Trinajstić information content (AvgIpc) is 3.50. The normalized spacial score (nSPS) is 15.9. The van der Waals surface area contributed by atoms with Crippen molar-refractivity contribution >= 4 is 91.7 Å². The third-order valence-electron chi connectivity index (χ3n) is 7.24. The number of hydrogen-bond acceptors (Lipinski definition) is 4. The number of alkyl halides is 4. The quantitative estimate of drug-likeness (QED) is 0.132. The Morgan fingerprint density at radius 2 is 1.98 bits per heavy atom. The van der Waals surface area contributed by atoms with Crippen LogP contribution in [0.15, 0.2) is 36.5 Å². The number of nitrogens with one attached hydrogen (secondary N) is 3. The van der Waals surface area contributed by atoms with Crippen molar-refractivity contribution in [3.8, 4) is 0 Å². The summed E-state index contributed by atoms with van der Waals surface area (Å²) in [6.07, 6.45) is -2.16. The van der Waals surface area contributed by atoms with Crippen LogP contribution in [-0.2, 0) is 18.0 Å². The number of H-pyrrole nitrogens is 1. The van der Waals surface area contributed by atoms with Crippen LogP contribution in [0.25, 0.3) is 11.0 Å². The molecule has 41 heavy (non-hydrogen) atoms. The van der Waals surface area contributed by atoms with Gasteiger partial charge in [-0.1, -0.05) is 63.5 Å². The Labute approximate surface area is 262 Å². The van der Waals surface area contributed by atoms with Crippen molar-refractivity contribution in [1.82, 2.24) is 19.9 Å². The first-order valence-electron chi connectivity index (χ1n) is 12.7. The number of aromatic amines is 1. The predicted molar refractivity (Wildman–Crippen MR) is 166 cm³/mol. The Morgan fingerprint density at radius 1 is 1.20 bits per heavy atom. The highest BCUT2D eigenvalue weighted by atomic mass is 127. The maximum Gasteiger partial charge on any atom is 0.393 e. The lowest BCUT2D eigenvalue weighted by atomic mass is 9.97. The van der Waals surface area contributed by atoms with E-state index in [4.69, 9.17) is 39.8 Å². The maximum atomic E-state index is 13.4. The van der Waals surface area contributed by atoms with Gasteiger partial charge in [0.15, 0.2) is 0 Å². The highest BCUT2D eigenvalue weighted by Gasteiger charge is 2.42. The smallest absolute Gasteiger partial charge is 0.370 e. The fourth-order valence-electron chi connectivity index (χ4n) is 5.02.